The Morgan fingerprint density at radius 3 is 2.60 bits per heavy atom. The summed E-state index contributed by atoms with van der Waals surface area (Å²) < 4.78 is 11.8. The molecule has 2 fully saturated rings. The number of Topliss-reactive ketones (excluding diaryl/α,β-unsaturated/α-hetero) is 1. The number of carbonyl (C=O) groups is 2. The monoisotopic (exact) mass is 507 g/mol. The number of hydrogen-bond donors (Lipinski definition) is 2. The number of aryl methyl sites for hydroxylation is 1. The van der Waals surface area contributed by atoms with Gasteiger partial charge in [0, 0.05) is 17.7 Å². The molecule has 1 aromatic heterocycles. The molecule has 35 heavy (non-hydrogen) atoms. The van der Waals surface area contributed by atoms with E-state index in [4.69, 9.17) is 9.47 Å². The summed E-state index contributed by atoms with van der Waals surface area (Å²) in [5, 5.41) is 24.8. The molecule has 0 aromatic carbocycles. The number of cyclic esters (lactones) is 1. The summed E-state index contributed by atoms with van der Waals surface area (Å²) in [4.78, 5) is 30.7. The van der Waals surface area contributed by atoms with E-state index >= 15 is 0 Å². The zero-order chi connectivity index (χ0) is 26.0. The van der Waals surface area contributed by atoms with Crippen LogP contribution in [0.25, 0.3) is 6.08 Å². The van der Waals surface area contributed by atoms with Gasteiger partial charge in [-0.15, -0.1) is 11.3 Å². The Labute approximate surface area is 212 Å². The minimum atomic E-state index is -1.22. The molecule has 8 heteroatoms. The number of nitrogens with zero attached hydrogens (tertiary/aromatic N) is 1. The highest BCUT2D eigenvalue weighted by Crippen LogP contribution is 2.44. The number of epoxide rings is 1. The first kappa shape index (κ1) is 28.0. The molecule has 0 bridgehead atoms. The van der Waals surface area contributed by atoms with Crippen LogP contribution in [-0.2, 0) is 19.1 Å². The Morgan fingerprint density at radius 2 is 1.97 bits per heavy atom. The van der Waals surface area contributed by atoms with Crippen LogP contribution < -0.4 is 0 Å². The van der Waals surface area contributed by atoms with Crippen LogP contribution in [0.4, 0.5) is 0 Å². The van der Waals surface area contributed by atoms with Gasteiger partial charge >= 0.3 is 5.97 Å². The van der Waals surface area contributed by atoms with E-state index in [9.17, 15) is 19.8 Å². The fourth-order valence-electron chi connectivity index (χ4n) is 5.04. The highest BCUT2D eigenvalue weighted by Gasteiger charge is 2.52. The molecule has 7 atom stereocenters. The highest BCUT2D eigenvalue weighted by atomic mass is 32.1. The fourth-order valence-corrected chi connectivity index (χ4v) is 5.62. The second-order valence-corrected chi connectivity index (χ2v) is 12.1. The van der Waals surface area contributed by atoms with Crippen LogP contribution in [0, 0.1) is 24.2 Å². The van der Waals surface area contributed by atoms with Gasteiger partial charge in [0.05, 0.1) is 46.5 Å². The predicted octanol–water partition coefficient (Wildman–Crippen LogP) is 4.48. The molecule has 0 aliphatic carbocycles. The summed E-state index contributed by atoms with van der Waals surface area (Å²) in [7, 11) is 0. The van der Waals surface area contributed by atoms with Crippen molar-refractivity contribution in [1.29, 1.82) is 0 Å². The summed E-state index contributed by atoms with van der Waals surface area (Å²) in [6.07, 6.45) is 4.23. The Balaban J connectivity index is 1.83. The first-order valence-electron chi connectivity index (χ1n) is 12.8. The quantitative estimate of drug-likeness (QED) is 0.459. The van der Waals surface area contributed by atoms with Crippen molar-refractivity contribution in [2.45, 2.75) is 110 Å². The Bertz CT molecular complexity index is 927. The number of aliphatic hydroxyl groups excluding tert-OH is 2. The molecule has 3 unspecified atom stereocenters. The van der Waals surface area contributed by atoms with Gasteiger partial charge in [0.2, 0.25) is 0 Å². The molecule has 2 aliphatic heterocycles. The Hall–Kier alpha value is -1.61. The summed E-state index contributed by atoms with van der Waals surface area (Å²) in [6.45, 7) is 11.1. The maximum Gasteiger partial charge on any atom is 0.309 e. The number of hydrogen-bond acceptors (Lipinski definition) is 8. The van der Waals surface area contributed by atoms with Gasteiger partial charge in [-0.25, -0.2) is 4.98 Å². The molecule has 0 spiro atoms. The second kappa shape index (κ2) is 11.2. The number of fused-ring (bicyclic) bond motifs is 1. The van der Waals surface area contributed by atoms with Crippen LogP contribution in [0.15, 0.2) is 11.5 Å². The van der Waals surface area contributed by atoms with Crippen molar-refractivity contribution in [1.82, 2.24) is 4.98 Å². The Morgan fingerprint density at radius 1 is 1.26 bits per heavy atom. The molecule has 196 valence electrons. The molecule has 0 radical (unpaired) electrons. The minimum absolute atomic E-state index is 0.0402. The average molecular weight is 508 g/mol. The van der Waals surface area contributed by atoms with E-state index in [1.54, 1.807) is 25.2 Å². The van der Waals surface area contributed by atoms with Crippen molar-refractivity contribution in [3.8, 4) is 0 Å². The highest BCUT2D eigenvalue weighted by molar-refractivity contribution is 7.09. The van der Waals surface area contributed by atoms with Gasteiger partial charge in [-0.2, -0.15) is 0 Å². The maximum atomic E-state index is 13.4. The van der Waals surface area contributed by atoms with Gasteiger partial charge < -0.3 is 19.7 Å². The lowest BCUT2D eigenvalue weighted by Crippen LogP contribution is -2.46. The van der Waals surface area contributed by atoms with Crippen LogP contribution in [-0.4, -0.2) is 57.0 Å². The SMILES string of the molecule is CC[C@H]1C(=O)C(C)(C)C(O)CC(=O)OC(/C=C/c2csc(C)n2)CC2O[C@]2(C)CCC[C@H](C)[C@@H]1O. The molecule has 2 N–H and O–H groups in total. The average Bonchev–Trinajstić information content (AvgIpc) is 3.21. The molecule has 3 heterocycles. The third kappa shape index (κ3) is 6.79. The normalized spacial score (nSPS) is 37.1. The molecular weight excluding hydrogens is 466 g/mol. The molecule has 7 nitrogen and oxygen atoms in total. The van der Waals surface area contributed by atoms with E-state index in [0.29, 0.717) is 12.8 Å². The minimum Gasteiger partial charge on any atom is -0.458 e. The van der Waals surface area contributed by atoms with Crippen LogP contribution in [0.1, 0.15) is 83.8 Å². The lowest BCUT2D eigenvalue weighted by Gasteiger charge is -2.35. The lowest BCUT2D eigenvalue weighted by atomic mass is 9.71. The first-order chi connectivity index (χ1) is 16.4. The summed E-state index contributed by atoms with van der Waals surface area (Å²) in [6, 6.07) is 0. The molecular formula is C27H41NO6S. The third-order valence-corrected chi connectivity index (χ3v) is 8.61. The van der Waals surface area contributed by atoms with Gasteiger partial charge in [0.15, 0.2) is 0 Å². The second-order valence-electron chi connectivity index (χ2n) is 11.0. The van der Waals surface area contributed by atoms with Gasteiger partial charge in [0.1, 0.15) is 11.9 Å². The van der Waals surface area contributed by atoms with E-state index in [1.807, 2.05) is 38.3 Å². The number of esters is 1. The molecule has 2 saturated heterocycles. The fraction of sp³-hybridized carbons (Fsp3) is 0.741. The number of aliphatic hydroxyl groups is 2. The number of thiazole rings is 1. The summed E-state index contributed by atoms with van der Waals surface area (Å²) >= 11 is 1.55. The molecule has 3 rings (SSSR count). The van der Waals surface area contributed by atoms with Gasteiger partial charge in [-0.3, -0.25) is 9.59 Å². The van der Waals surface area contributed by atoms with Crippen molar-refractivity contribution >= 4 is 29.2 Å². The van der Waals surface area contributed by atoms with Crippen LogP contribution in [0.5, 0.6) is 0 Å². The first-order valence-corrected chi connectivity index (χ1v) is 13.6. The van der Waals surface area contributed by atoms with Gasteiger partial charge in [0.25, 0.3) is 0 Å². The predicted molar refractivity (Wildman–Crippen MR) is 136 cm³/mol. The van der Waals surface area contributed by atoms with E-state index < -0.39 is 35.6 Å². The van der Waals surface area contributed by atoms with Crippen molar-refractivity contribution in [3.63, 3.8) is 0 Å². The Kier molecular flexibility index (Phi) is 8.95. The number of rotatable bonds is 3. The van der Waals surface area contributed by atoms with Crippen molar-refractivity contribution < 1.29 is 29.3 Å². The number of ketones is 1. The van der Waals surface area contributed by atoms with Crippen molar-refractivity contribution in [3.05, 3.63) is 22.2 Å². The maximum absolute atomic E-state index is 13.4. The molecule has 0 amide bonds. The summed E-state index contributed by atoms with van der Waals surface area (Å²) in [5.41, 5.74) is -0.682. The van der Waals surface area contributed by atoms with E-state index in [2.05, 4.69) is 11.9 Å². The standard InChI is InChI=1S/C27H41NO6S/c1-7-20-24(31)16(2)9-8-12-27(6)22(34-27)13-19(11-10-18-15-35-17(3)28-18)33-23(30)14-21(29)26(4,5)25(20)32/h10-11,15-16,19-22,24,29,31H,7-9,12-14H2,1-6H3/b11-10+/t16-,19?,20+,21?,22?,24-,27+/m0/s1. The van der Waals surface area contributed by atoms with Gasteiger partial charge in [-0.1, -0.05) is 34.1 Å². The number of ether oxygens (including phenoxy) is 2. The van der Waals surface area contributed by atoms with E-state index in [-0.39, 0.29) is 29.8 Å². The zero-order valence-electron chi connectivity index (χ0n) is 21.8. The topological polar surface area (TPSA) is 109 Å². The van der Waals surface area contributed by atoms with Crippen molar-refractivity contribution in [2.75, 3.05) is 0 Å². The molecule has 1 aromatic rings. The van der Waals surface area contributed by atoms with Crippen molar-refractivity contribution in [2.24, 2.45) is 17.3 Å². The molecule has 0 saturated carbocycles. The number of carbonyl (C=O) groups excluding carboxylic acids is 2. The number of aromatic nitrogens is 1. The van der Waals surface area contributed by atoms with Gasteiger partial charge in [-0.05, 0) is 51.2 Å². The van der Waals surface area contributed by atoms with E-state index in [1.165, 1.54) is 0 Å². The zero-order valence-corrected chi connectivity index (χ0v) is 22.6. The van der Waals surface area contributed by atoms with Crippen LogP contribution >= 0.6 is 11.3 Å². The summed E-state index contributed by atoms with van der Waals surface area (Å²) in [5.74, 6) is -1.46. The van der Waals surface area contributed by atoms with Crippen LogP contribution in [0.3, 0.4) is 0 Å². The lowest BCUT2D eigenvalue weighted by molar-refractivity contribution is -0.154. The molecule has 2 aliphatic rings. The smallest absolute Gasteiger partial charge is 0.309 e. The third-order valence-electron chi connectivity index (χ3n) is 7.82. The largest absolute Gasteiger partial charge is 0.458 e. The van der Waals surface area contributed by atoms with Crippen LogP contribution in [0.2, 0.25) is 0 Å². The van der Waals surface area contributed by atoms with E-state index in [0.717, 1.165) is 30.0 Å².